The van der Waals surface area contributed by atoms with Crippen LogP contribution in [0.1, 0.15) is 34.6 Å². The molecule has 1 atom stereocenters. The minimum Gasteiger partial charge on any atom is -0.331 e. The predicted molar refractivity (Wildman–Crippen MR) is 80.7 cm³/mol. The van der Waals surface area contributed by atoms with Crippen LogP contribution < -0.4 is 11.1 Å². The number of aryl methyl sites for hydroxylation is 1. The summed E-state index contributed by atoms with van der Waals surface area (Å²) in [5.74, 6) is -0.436. The first kappa shape index (κ1) is 15.7. The van der Waals surface area contributed by atoms with Crippen molar-refractivity contribution < 1.29 is 4.79 Å². The van der Waals surface area contributed by atoms with E-state index in [2.05, 4.69) is 28.6 Å². The Morgan fingerprint density at radius 2 is 2.18 bits per heavy atom. The van der Waals surface area contributed by atoms with Crippen LogP contribution in [0.2, 0.25) is 0 Å². The lowest BCUT2D eigenvalue weighted by atomic mass is 10.0. The smallest absolute Gasteiger partial charge is 0.274 e. The van der Waals surface area contributed by atoms with Gasteiger partial charge in [-0.25, -0.2) is 0 Å². The minimum absolute atomic E-state index is 0.166. The molecule has 1 amide bonds. The van der Waals surface area contributed by atoms with Crippen molar-refractivity contribution in [3.8, 4) is 6.07 Å². The van der Waals surface area contributed by atoms with Gasteiger partial charge in [-0.2, -0.15) is 5.26 Å². The number of amides is 1. The molecular weight excluding hydrogens is 280 g/mol. The lowest BCUT2D eigenvalue weighted by Crippen LogP contribution is -2.28. The fraction of sp³-hybridized carbons (Fsp3) is 0.333. The molecule has 0 saturated heterocycles. The number of nitrogens with two attached hydrogens (primary N) is 1. The Bertz CT molecular complexity index is 670. The van der Waals surface area contributed by atoms with Gasteiger partial charge in [0.15, 0.2) is 5.69 Å². The monoisotopic (exact) mass is 298 g/mol. The van der Waals surface area contributed by atoms with Crippen LogP contribution in [-0.2, 0) is 13.0 Å². The SMILES string of the molecule is CCc1ccc(C(C#N)NC(=O)c2cn(CCN)nn2)cc1. The zero-order chi connectivity index (χ0) is 15.9. The Morgan fingerprint density at radius 1 is 1.45 bits per heavy atom. The molecule has 0 fully saturated rings. The molecule has 1 aromatic heterocycles. The highest BCUT2D eigenvalue weighted by Gasteiger charge is 2.17. The molecule has 0 bridgehead atoms. The van der Waals surface area contributed by atoms with Gasteiger partial charge in [0.05, 0.1) is 18.8 Å². The Labute approximate surface area is 128 Å². The van der Waals surface area contributed by atoms with E-state index in [1.165, 1.54) is 16.4 Å². The summed E-state index contributed by atoms with van der Waals surface area (Å²) in [6, 6.07) is 8.94. The van der Waals surface area contributed by atoms with Gasteiger partial charge < -0.3 is 11.1 Å². The minimum atomic E-state index is -0.724. The third kappa shape index (κ3) is 3.68. The van der Waals surface area contributed by atoms with Crippen molar-refractivity contribution >= 4 is 5.91 Å². The van der Waals surface area contributed by atoms with Crippen molar-refractivity contribution in [3.05, 3.63) is 47.3 Å². The largest absolute Gasteiger partial charge is 0.331 e. The van der Waals surface area contributed by atoms with Crippen LogP contribution in [0, 0.1) is 11.3 Å². The Kier molecular flexibility index (Phi) is 5.22. The molecule has 0 aliphatic heterocycles. The molecule has 1 unspecified atom stereocenters. The molecular formula is C15H18N6O. The highest BCUT2D eigenvalue weighted by atomic mass is 16.2. The summed E-state index contributed by atoms with van der Waals surface area (Å²) < 4.78 is 1.49. The molecule has 7 nitrogen and oxygen atoms in total. The van der Waals surface area contributed by atoms with Gasteiger partial charge in [-0.1, -0.05) is 36.4 Å². The molecule has 7 heteroatoms. The average molecular weight is 298 g/mol. The first-order chi connectivity index (χ1) is 10.7. The van der Waals surface area contributed by atoms with Crippen LogP contribution in [0.3, 0.4) is 0 Å². The molecule has 1 aromatic carbocycles. The number of aromatic nitrogens is 3. The van der Waals surface area contributed by atoms with Crippen molar-refractivity contribution in [2.24, 2.45) is 5.73 Å². The molecule has 0 aliphatic rings. The van der Waals surface area contributed by atoms with Crippen LogP contribution in [0.25, 0.3) is 0 Å². The lowest BCUT2D eigenvalue weighted by molar-refractivity contribution is 0.0940. The summed E-state index contributed by atoms with van der Waals surface area (Å²) in [7, 11) is 0. The van der Waals surface area contributed by atoms with Crippen LogP contribution >= 0.6 is 0 Å². The van der Waals surface area contributed by atoms with Crippen molar-refractivity contribution in [1.82, 2.24) is 20.3 Å². The number of benzene rings is 1. The first-order valence-corrected chi connectivity index (χ1v) is 7.07. The Balaban J connectivity index is 2.08. The number of carbonyl (C=O) groups is 1. The summed E-state index contributed by atoms with van der Waals surface area (Å²) in [5, 5.41) is 19.5. The maximum atomic E-state index is 12.1. The zero-order valence-corrected chi connectivity index (χ0v) is 12.4. The summed E-state index contributed by atoms with van der Waals surface area (Å²) in [6.07, 6.45) is 2.44. The standard InChI is InChI=1S/C15H18N6O/c1-2-11-3-5-12(6-4-11)13(9-17)18-15(22)14-10-21(8-7-16)20-19-14/h3-6,10,13H,2,7-8,16H2,1H3,(H,18,22). The van der Waals surface area contributed by atoms with E-state index in [1.54, 1.807) is 0 Å². The number of rotatable bonds is 6. The Morgan fingerprint density at radius 3 is 2.77 bits per heavy atom. The molecule has 114 valence electrons. The number of hydrogen-bond donors (Lipinski definition) is 2. The van der Waals surface area contributed by atoms with E-state index in [4.69, 9.17) is 5.73 Å². The summed E-state index contributed by atoms with van der Waals surface area (Å²) in [5.41, 5.74) is 7.50. The number of carbonyl (C=O) groups excluding carboxylic acids is 1. The quantitative estimate of drug-likeness (QED) is 0.819. The fourth-order valence-electron chi connectivity index (χ4n) is 1.98. The highest BCUT2D eigenvalue weighted by molar-refractivity contribution is 5.92. The molecule has 0 aliphatic carbocycles. The second-order valence-corrected chi connectivity index (χ2v) is 4.79. The van der Waals surface area contributed by atoms with Gasteiger partial charge in [0.2, 0.25) is 0 Å². The molecule has 3 N–H and O–H groups in total. The van der Waals surface area contributed by atoms with E-state index in [0.717, 1.165) is 12.0 Å². The van der Waals surface area contributed by atoms with E-state index < -0.39 is 11.9 Å². The predicted octanol–water partition coefficient (Wildman–Crippen LogP) is 0.794. The second-order valence-electron chi connectivity index (χ2n) is 4.79. The summed E-state index contributed by atoms with van der Waals surface area (Å²) >= 11 is 0. The van der Waals surface area contributed by atoms with E-state index in [-0.39, 0.29) is 5.69 Å². The van der Waals surface area contributed by atoms with E-state index in [0.29, 0.717) is 13.1 Å². The third-order valence-electron chi connectivity index (χ3n) is 3.26. The van der Waals surface area contributed by atoms with Crippen LogP contribution in [0.4, 0.5) is 0 Å². The average Bonchev–Trinajstić information content (AvgIpc) is 3.02. The molecule has 22 heavy (non-hydrogen) atoms. The number of nitriles is 1. The zero-order valence-electron chi connectivity index (χ0n) is 12.4. The number of nitrogens with zero attached hydrogens (tertiary/aromatic N) is 4. The third-order valence-corrected chi connectivity index (χ3v) is 3.26. The maximum absolute atomic E-state index is 12.1. The fourth-order valence-corrected chi connectivity index (χ4v) is 1.98. The molecule has 0 radical (unpaired) electrons. The number of nitrogens with one attached hydrogen (secondary N) is 1. The summed E-state index contributed by atoms with van der Waals surface area (Å²) in [6.45, 7) is 2.96. The van der Waals surface area contributed by atoms with E-state index in [9.17, 15) is 10.1 Å². The molecule has 0 saturated carbocycles. The van der Waals surface area contributed by atoms with Gasteiger partial charge in [-0.3, -0.25) is 9.48 Å². The van der Waals surface area contributed by atoms with Gasteiger partial charge in [0.1, 0.15) is 6.04 Å². The Hall–Kier alpha value is -2.72. The molecule has 0 spiro atoms. The maximum Gasteiger partial charge on any atom is 0.274 e. The van der Waals surface area contributed by atoms with Crippen molar-refractivity contribution in [3.63, 3.8) is 0 Å². The van der Waals surface area contributed by atoms with Gasteiger partial charge >= 0.3 is 0 Å². The van der Waals surface area contributed by atoms with Gasteiger partial charge in [0, 0.05) is 6.54 Å². The molecule has 2 rings (SSSR count). The summed E-state index contributed by atoms with van der Waals surface area (Å²) in [4.78, 5) is 12.1. The van der Waals surface area contributed by atoms with Crippen LogP contribution in [0.5, 0.6) is 0 Å². The molecule has 1 heterocycles. The van der Waals surface area contributed by atoms with Crippen molar-refractivity contribution in [2.75, 3.05) is 6.54 Å². The van der Waals surface area contributed by atoms with E-state index in [1.807, 2.05) is 24.3 Å². The van der Waals surface area contributed by atoms with Crippen LogP contribution in [0.15, 0.2) is 30.5 Å². The van der Waals surface area contributed by atoms with E-state index >= 15 is 0 Å². The van der Waals surface area contributed by atoms with Crippen molar-refractivity contribution in [2.45, 2.75) is 25.9 Å². The lowest BCUT2D eigenvalue weighted by Gasteiger charge is -2.11. The van der Waals surface area contributed by atoms with Crippen LogP contribution in [-0.4, -0.2) is 27.4 Å². The van der Waals surface area contributed by atoms with Gasteiger partial charge in [-0.05, 0) is 17.5 Å². The van der Waals surface area contributed by atoms with Gasteiger partial charge in [-0.15, -0.1) is 5.10 Å². The number of hydrogen-bond acceptors (Lipinski definition) is 5. The highest BCUT2D eigenvalue weighted by Crippen LogP contribution is 2.14. The second kappa shape index (κ2) is 7.33. The van der Waals surface area contributed by atoms with Crippen molar-refractivity contribution in [1.29, 1.82) is 5.26 Å². The molecule has 2 aromatic rings. The first-order valence-electron chi connectivity index (χ1n) is 7.07. The normalized spacial score (nSPS) is 11.7. The van der Waals surface area contributed by atoms with Gasteiger partial charge in [0.25, 0.3) is 5.91 Å². The topological polar surface area (TPSA) is 110 Å².